The standard InChI is InChI=1S/C21H20F3N3O4/c1-11-18-14(10-15(12-3-4-12)26-20(18)31-27-11)19(28)25-16-9-13(21(22,23)24)5-6-17(16)30-8-7-29-2/h5-6,9-10,12H,3-4,7-8H2,1-2H3,(H,25,28). The number of aryl methyl sites for hydroxylation is 1. The highest BCUT2D eigenvalue weighted by Crippen LogP contribution is 2.41. The zero-order valence-electron chi connectivity index (χ0n) is 16.9. The SMILES string of the molecule is COCCOc1ccc(C(F)(F)F)cc1NC(=O)c1cc(C2CC2)nc2onc(C)c12. The van der Waals surface area contributed by atoms with E-state index >= 15 is 0 Å². The Hall–Kier alpha value is -3.14. The number of alkyl halides is 3. The van der Waals surface area contributed by atoms with Crippen molar-refractivity contribution in [3.8, 4) is 5.75 Å². The van der Waals surface area contributed by atoms with Crippen LogP contribution >= 0.6 is 0 Å². The molecular weight excluding hydrogens is 415 g/mol. The largest absolute Gasteiger partial charge is 0.489 e. The quantitative estimate of drug-likeness (QED) is 0.541. The molecule has 0 spiro atoms. The molecule has 3 aromatic rings. The lowest BCUT2D eigenvalue weighted by atomic mass is 10.1. The van der Waals surface area contributed by atoms with Gasteiger partial charge in [0.05, 0.1) is 34.5 Å². The number of ether oxygens (including phenoxy) is 2. The molecule has 10 heteroatoms. The van der Waals surface area contributed by atoms with E-state index in [1.54, 1.807) is 13.0 Å². The summed E-state index contributed by atoms with van der Waals surface area (Å²) in [5, 5.41) is 6.86. The summed E-state index contributed by atoms with van der Waals surface area (Å²) in [6, 6.07) is 4.58. The number of anilines is 1. The monoisotopic (exact) mass is 435 g/mol. The van der Waals surface area contributed by atoms with E-state index < -0.39 is 17.6 Å². The smallest absolute Gasteiger partial charge is 0.416 e. The van der Waals surface area contributed by atoms with Gasteiger partial charge in [-0.25, -0.2) is 4.98 Å². The Morgan fingerprint density at radius 2 is 2.03 bits per heavy atom. The molecule has 2 aromatic heterocycles. The number of benzene rings is 1. The molecule has 0 aliphatic heterocycles. The van der Waals surface area contributed by atoms with E-state index in [1.807, 2.05) is 0 Å². The molecule has 164 valence electrons. The highest BCUT2D eigenvalue weighted by molar-refractivity contribution is 6.12. The third-order valence-electron chi connectivity index (χ3n) is 4.98. The Kier molecular flexibility index (Phi) is 5.57. The molecule has 2 heterocycles. The number of pyridine rings is 1. The summed E-state index contributed by atoms with van der Waals surface area (Å²) in [6.45, 7) is 2.02. The number of fused-ring (bicyclic) bond motifs is 1. The van der Waals surface area contributed by atoms with Crippen molar-refractivity contribution in [2.45, 2.75) is 31.9 Å². The van der Waals surface area contributed by atoms with E-state index in [0.29, 0.717) is 16.8 Å². The van der Waals surface area contributed by atoms with Gasteiger partial charge in [-0.3, -0.25) is 4.79 Å². The second-order valence-electron chi connectivity index (χ2n) is 7.32. The third kappa shape index (κ3) is 4.48. The molecule has 1 saturated carbocycles. The number of amides is 1. The van der Waals surface area contributed by atoms with Gasteiger partial charge in [-0.05, 0) is 44.0 Å². The predicted octanol–water partition coefficient (Wildman–Crippen LogP) is 4.70. The van der Waals surface area contributed by atoms with Crippen LogP contribution in [0.1, 0.15) is 46.1 Å². The fourth-order valence-electron chi connectivity index (χ4n) is 3.24. The van der Waals surface area contributed by atoms with Gasteiger partial charge in [0.2, 0.25) is 0 Å². The molecule has 4 rings (SSSR count). The molecule has 1 aliphatic rings. The molecule has 1 aromatic carbocycles. The number of carbonyl (C=O) groups excluding carboxylic acids is 1. The van der Waals surface area contributed by atoms with Gasteiger partial charge in [0.15, 0.2) is 0 Å². The van der Waals surface area contributed by atoms with E-state index in [2.05, 4.69) is 15.5 Å². The second-order valence-corrected chi connectivity index (χ2v) is 7.32. The van der Waals surface area contributed by atoms with Crippen molar-refractivity contribution in [1.29, 1.82) is 0 Å². The van der Waals surface area contributed by atoms with Crippen molar-refractivity contribution in [3.63, 3.8) is 0 Å². The maximum absolute atomic E-state index is 13.2. The number of halogens is 3. The topological polar surface area (TPSA) is 86.5 Å². The van der Waals surface area contributed by atoms with Crippen molar-refractivity contribution in [3.05, 3.63) is 46.8 Å². The van der Waals surface area contributed by atoms with Gasteiger partial charge in [0, 0.05) is 18.7 Å². The zero-order chi connectivity index (χ0) is 22.2. The van der Waals surface area contributed by atoms with Crippen molar-refractivity contribution >= 4 is 22.7 Å². The lowest BCUT2D eigenvalue weighted by molar-refractivity contribution is -0.137. The van der Waals surface area contributed by atoms with Gasteiger partial charge in [-0.2, -0.15) is 13.2 Å². The number of carbonyl (C=O) groups is 1. The number of methoxy groups -OCH3 is 1. The average molecular weight is 435 g/mol. The summed E-state index contributed by atoms with van der Waals surface area (Å²) in [5.41, 5.74) is 0.646. The van der Waals surface area contributed by atoms with Gasteiger partial charge in [0.1, 0.15) is 12.4 Å². The summed E-state index contributed by atoms with van der Waals surface area (Å²) in [4.78, 5) is 17.6. The summed E-state index contributed by atoms with van der Waals surface area (Å²) >= 11 is 0. The first kappa shape index (κ1) is 21.1. The molecule has 7 nitrogen and oxygen atoms in total. The highest BCUT2D eigenvalue weighted by Gasteiger charge is 2.32. The van der Waals surface area contributed by atoms with Gasteiger partial charge in [-0.15, -0.1) is 0 Å². The van der Waals surface area contributed by atoms with E-state index in [1.165, 1.54) is 13.2 Å². The maximum atomic E-state index is 13.2. The number of nitrogens with one attached hydrogen (secondary N) is 1. The van der Waals surface area contributed by atoms with Crippen LogP contribution in [0, 0.1) is 6.92 Å². The fourth-order valence-corrected chi connectivity index (χ4v) is 3.24. The number of rotatable bonds is 7. The van der Waals surface area contributed by atoms with E-state index in [0.717, 1.165) is 25.0 Å². The predicted molar refractivity (Wildman–Crippen MR) is 105 cm³/mol. The van der Waals surface area contributed by atoms with E-state index in [-0.39, 0.29) is 41.8 Å². The zero-order valence-corrected chi connectivity index (χ0v) is 16.9. The minimum absolute atomic E-state index is 0.0945. The first-order chi connectivity index (χ1) is 14.8. The van der Waals surface area contributed by atoms with Crippen LogP contribution in [0.3, 0.4) is 0 Å². The Morgan fingerprint density at radius 1 is 1.26 bits per heavy atom. The summed E-state index contributed by atoms with van der Waals surface area (Å²) in [5.74, 6) is -0.257. The maximum Gasteiger partial charge on any atom is 0.416 e. The Labute approximate surface area is 175 Å². The van der Waals surface area contributed by atoms with Gasteiger partial charge < -0.3 is 19.3 Å². The summed E-state index contributed by atoms with van der Waals surface area (Å²) in [7, 11) is 1.48. The molecule has 1 aliphatic carbocycles. The number of hydrogen-bond donors (Lipinski definition) is 1. The van der Waals surface area contributed by atoms with Crippen molar-refractivity contribution in [2.24, 2.45) is 0 Å². The third-order valence-corrected chi connectivity index (χ3v) is 4.98. The molecule has 0 unspecified atom stereocenters. The Morgan fingerprint density at radius 3 is 2.71 bits per heavy atom. The van der Waals surface area contributed by atoms with Gasteiger partial charge in [-0.1, -0.05) is 5.16 Å². The van der Waals surface area contributed by atoms with Crippen LogP contribution in [-0.4, -0.2) is 36.4 Å². The van der Waals surface area contributed by atoms with Crippen LogP contribution in [0.25, 0.3) is 11.1 Å². The Bertz CT molecular complexity index is 1120. The van der Waals surface area contributed by atoms with Crippen LogP contribution < -0.4 is 10.1 Å². The first-order valence-corrected chi connectivity index (χ1v) is 9.69. The molecule has 1 fully saturated rings. The molecule has 0 bridgehead atoms. The molecule has 31 heavy (non-hydrogen) atoms. The van der Waals surface area contributed by atoms with Crippen LogP contribution in [0.15, 0.2) is 28.8 Å². The summed E-state index contributed by atoms with van der Waals surface area (Å²) < 4.78 is 55.3. The van der Waals surface area contributed by atoms with Crippen LogP contribution in [0.2, 0.25) is 0 Å². The minimum atomic E-state index is -4.57. The van der Waals surface area contributed by atoms with Crippen molar-refractivity contribution in [1.82, 2.24) is 10.1 Å². The lowest BCUT2D eigenvalue weighted by Gasteiger charge is -2.16. The molecule has 0 radical (unpaired) electrons. The lowest BCUT2D eigenvalue weighted by Crippen LogP contribution is -2.16. The van der Waals surface area contributed by atoms with Crippen molar-refractivity contribution < 1.29 is 32.0 Å². The van der Waals surface area contributed by atoms with Gasteiger partial charge in [0.25, 0.3) is 11.6 Å². The number of aromatic nitrogens is 2. The second kappa shape index (κ2) is 8.18. The van der Waals surface area contributed by atoms with E-state index in [4.69, 9.17) is 14.0 Å². The van der Waals surface area contributed by atoms with Gasteiger partial charge >= 0.3 is 6.18 Å². The molecule has 0 atom stereocenters. The number of hydrogen-bond acceptors (Lipinski definition) is 6. The van der Waals surface area contributed by atoms with Crippen LogP contribution in [0.4, 0.5) is 18.9 Å². The normalized spacial score (nSPS) is 14.1. The summed E-state index contributed by atoms with van der Waals surface area (Å²) in [6.07, 6.45) is -2.66. The first-order valence-electron chi connectivity index (χ1n) is 9.69. The van der Waals surface area contributed by atoms with Crippen molar-refractivity contribution in [2.75, 3.05) is 25.6 Å². The van der Waals surface area contributed by atoms with Crippen LogP contribution in [-0.2, 0) is 10.9 Å². The average Bonchev–Trinajstić information content (AvgIpc) is 3.51. The highest BCUT2D eigenvalue weighted by atomic mass is 19.4. The Balaban J connectivity index is 1.71. The molecule has 1 N–H and O–H groups in total. The number of nitrogens with zero attached hydrogens (tertiary/aromatic N) is 2. The van der Waals surface area contributed by atoms with Crippen LogP contribution in [0.5, 0.6) is 5.75 Å². The van der Waals surface area contributed by atoms with E-state index in [9.17, 15) is 18.0 Å². The molecule has 1 amide bonds. The molecule has 0 saturated heterocycles. The fraction of sp³-hybridized carbons (Fsp3) is 0.381. The molecular formula is C21H20F3N3O4. The minimum Gasteiger partial charge on any atom is -0.489 e.